The van der Waals surface area contributed by atoms with Crippen LogP contribution in [0.25, 0.3) is 0 Å². The zero-order chi connectivity index (χ0) is 13.2. The quantitative estimate of drug-likeness (QED) is 0.858. The zero-order valence-corrected chi connectivity index (χ0v) is 11.9. The minimum atomic E-state index is -2.96. The van der Waals surface area contributed by atoms with Crippen LogP contribution in [0.2, 0.25) is 5.02 Å². The number of hydrogen-bond acceptors (Lipinski definition) is 3. The fourth-order valence-electron chi connectivity index (χ4n) is 2.26. The van der Waals surface area contributed by atoms with E-state index in [4.69, 9.17) is 16.3 Å². The summed E-state index contributed by atoms with van der Waals surface area (Å²) < 4.78 is 28.8. The summed E-state index contributed by atoms with van der Waals surface area (Å²) in [5, 5.41) is 0.445. The summed E-state index contributed by atoms with van der Waals surface area (Å²) in [4.78, 5) is 0. The molecule has 0 N–H and O–H groups in total. The van der Waals surface area contributed by atoms with Gasteiger partial charge in [0, 0.05) is 17.9 Å². The van der Waals surface area contributed by atoms with Crippen molar-refractivity contribution >= 4 is 21.4 Å². The molecule has 1 aromatic rings. The molecule has 2 unspecified atom stereocenters. The Morgan fingerprint density at radius 1 is 1.33 bits per heavy atom. The van der Waals surface area contributed by atoms with E-state index in [1.807, 2.05) is 24.3 Å². The molecule has 100 valence electrons. The van der Waals surface area contributed by atoms with E-state index in [2.05, 4.69) is 0 Å². The summed E-state index contributed by atoms with van der Waals surface area (Å²) >= 11 is 5.83. The van der Waals surface area contributed by atoms with Crippen molar-refractivity contribution < 1.29 is 13.2 Å². The number of benzene rings is 1. The molecule has 0 saturated carbocycles. The van der Waals surface area contributed by atoms with Gasteiger partial charge in [0.2, 0.25) is 0 Å². The molecule has 0 aromatic heterocycles. The molecule has 18 heavy (non-hydrogen) atoms. The highest BCUT2D eigenvalue weighted by atomic mass is 35.5. The van der Waals surface area contributed by atoms with Crippen LogP contribution in [0.4, 0.5) is 0 Å². The van der Waals surface area contributed by atoms with Gasteiger partial charge < -0.3 is 4.74 Å². The van der Waals surface area contributed by atoms with E-state index in [9.17, 15) is 8.42 Å². The lowest BCUT2D eigenvalue weighted by atomic mass is 10.0. The first-order valence-electron chi connectivity index (χ1n) is 6.00. The molecule has 0 amide bonds. The zero-order valence-electron chi connectivity index (χ0n) is 10.3. The molecule has 0 spiro atoms. The summed E-state index contributed by atoms with van der Waals surface area (Å²) in [5.41, 5.74) is 1.12. The van der Waals surface area contributed by atoms with Crippen LogP contribution < -0.4 is 0 Å². The van der Waals surface area contributed by atoms with Crippen LogP contribution in [0.1, 0.15) is 18.4 Å². The third kappa shape index (κ3) is 3.70. The topological polar surface area (TPSA) is 43.4 Å². The molecular formula is C13H17ClO3S. The lowest BCUT2D eigenvalue weighted by Crippen LogP contribution is -2.35. The Balaban J connectivity index is 2.00. The summed E-state index contributed by atoms with van der Waals surface area (Å²) in [6, 6.07) is 7.59. The highest BCUT2D eigenvalue weighted by Gasteiger charge is 2.29. The summed E-state index contributed by atoms with van der Waals surface area (Å²) in [7, 11) is -2.96. The molecule has 1 aromatic carbocycles. The Kier molecular flexibility index (Phi) is 4.30. The first-order valence-corrected chi connectivity index (χ1v) is 8.33. The average molecular weight is 289 g/mol. The van der Waals surface area contributed by atoms with Gasteiger partial charge >= 0.3 is 0 Å². The Hall–Kier alpha value is -0.580. The lowest BCUT2D eigenvalue weighted by molar-refractivity contribution is 0.0185. The van der Waals surface area contributed by atoms with Crippen LogP contribution in [0, 0.1) is 0 Å². The Morgan fingerprint density at radius 2 is 2.00 bits per heavy atom. The standard InChI is InChI=1S/C13H17ClO3S/c1-18(15,16)13-6-7-17-12(9-13)8-10-2-4-11(14)5-3-10/h2-5,12-13H,6-9H2,1H3. The molecule has 1 heterocycles. The van der Waals surface area contributed by atoms with Crippen molar-refractivity contribution in [1.29, 1.82) is 0 Å². The third-order valence-electron chi connectivity index (χ3n) is 3.30. The second-order valence-electron chi connectivity index (χ2n) is 4.80. The summed E-state index contributed by atoms with van der Waals surface area (Å²) in [6.45, 7) is 0.524. The number of halogens is 1. The number of rotatable bonds is 3. The second-order valence-corrected chi connectivity index (χ2v) is 7.56. The van der Waals surface area contributed by atoms with Crippen molar-refractivity contribution in [2.75, 3.05) is 12.9 Å². The molecule has 0 aliphatic carbocycles. The van der Waals surface area contributed by atoms with E-state index in [-0.39, 0.29) is 11.4 Å². The van der Waals surface area contributed by atoms with Gasteiger partial charge in [0.15, 0.2) is 0 Å². The van der Waals surface area contributed by atoms with Crippen LogP contribution in [0.3, 0.4) is 0 Å². The van der Waals surface area contributed by atoms with Gasteiger partial charge in [0.1, 0.15) is 9.84 Å². The molecule has 2 atom stereocenters. The highest BCUT2D eigenvalue weighted by Crippen LogP contribution is 2.23. The monoisotopic (exact) mass is 288 g/mol. The maximum atomic E-state index is 11.6. The molecule has 0 radical (unpaired) electrons. The minimum absolute atomic E-state index is 0.0142. The van der Waals surface area contributed by atoms with Crippen LogP contribution in [-0.2, 0) is 21.0 Å². The fraction of sp³-hybridized carbons (Fsp3) is 0.538. The first-order chi connectivity index (χ1) is 8.45. The van der Waals surface area contributed by atoms with Crippen LogP contribution >= 0.6 is 11.6 Å². The van der Waals surface area contributed by atoms with Crippen molar-refractivity contribution in [3.63, 3.8) is 0 Å². The minimum Gasteiger partial charge on any atom is -0.378 e. The summed E-state index contributed by atoms with van der Waals surface area (Å²) in [6.07, 6.45) is 3.22. The van der Waals surface area contributed by atoms with Gasteiger partial charge in [-0.2, -0.15) is 0 Å². The second kappa shape index (κ2) is 5.59. The Morgan fingerprint density at radius 3 is 2.61 bits per heavy atom. The van der Waals surface area contributed by atoms with Gasteiger partial charge in [-0.3, -0.25) is 0 Å². The predicted molar refractivity (Wildman–Crippen MR) is 72.8 cm³/mol. The molecular weight excluding hydrogens is 272 g/mol. The average Bonchev–Trinajstić information content (AvgIpc) is 2.31. The van der Waals surface area contributed by atoms with Crippen molar-refractivity contribution in [2.45, 2.75) is 30.6 Å². The first kappa shape index (κ1) is 13.8. The van der Waals surface area contributed by atoms with E-state index < -0.39 is 9.84 Å². The number of sulfone groups is 1. The maximum absolute atomic E-state index is 11.6. The Bertz CT molecular complexity index is 495. The molecule has 1 aliphatic heterocycles. The van der Waals surface area contributed by atoms with Crippen molar-refractivity contribution in [1.82, 2.24) is 0 Å². The van der Waals surface area contributed by atoms with E-state index in [1.165, 1.54) is 6.26 Å². The SMILES string of the molecule is CS(=O)(=O)C1CCOC(Cc2ccc(Cl)cc2)C1. The van der Waals surface area contributed by atoms with Gasteiger partial charge in [-0.05, 0) is 37.0 Å². The number of hydrogen-bond donors (Lipinski definition) is 0. The molecule has 3 nitrogen and oxygen atoms in total. The van der Waals surface area contributed by atoms with Crippen molar-refractivity contribution in [3.8, 4) is 0 Å². The molecule has 5 heteroatoms. The molecule has 1 aliphatic rings. The van der Waals surface area contributed by atoms with Gasteiger partial charge in [-0.25, -0.2) is 8.42 Å². The maximum Gasteiger partial charge on any atom is 0.150 e. The normalized spacial score (nSPS) is 25.0. The molecule has 2 rings (SSSR count). The fourth-order valence-corrected chi connectivity index (χ4v) is 3.47. The van der Waals surface area contributed by atoms with E-state index in [0.717, 1.165) is 12.0 Å². The van der Waals surface area contributed by atoms with E-state index in [1.54, 1.807) is 0 Å². The van der Waals surface area contributed by atoms with Gasteiger partial charge in [0.25, 0.3) is 0 Å². The number of ether oxygens (including phenoxy) is 1. The lowest BCUT2D eigenvalue weighted by Gasteiger charge is -2.28. The predicted octanol–water partition coefficient (Wildman–Crippen LogP) is 2.47. The van der Waals surface area contributed by atoms with Gasteiger partial charge in [-0.1, -0.05) is 23.7 Å². The van der Waals surface area contributed by atoms with Gasteiger partial charge in [-0.15, -0.1) is 0 Å². The Labute approximate surface area is 113 Å². The summed E-state index contributed by atoms with van der Waals surface area (Å²) in [5.74, 6) is 0. The van der Waals surface area contributed by atoms with Crippen molar-refractivity contribution in [2.24, 2.45) is 0 Å². The highest BCUT2D eigenvalue weighted by molar-refractivity contribution is 7.91. The van der Waals surface area contributed by atoms with Crippen LogP contribution in [-0.4, -0.2) is 32.6 Å². The molecule has 1 saturated heterocycles. The third-order valence-corrected chi connectivity index (χ3v) is 5.19. The van der Waals surface area contributed by atoms with E-state index >= 15 is 0 Å². The van der Waals surface area contributed by atoms with Crippen LogP contribution in [0.15, 0.2) is 24.3 Å². The largest absolute Gasteiger partial charge is 0.378 e. The smallest absolute Gasteiger partial charge is 0.150 e. The molecule has 1 fully saturated rings. The van der Waals surface area contributed by atoms with E-state index in [0.29, 0.717) is 24.5 Å². The van der Waals surface area contributed by atoms with Gasteiger partial charge in [0.05, 0.1) is 11.4 Å². The van der Waals surface area contributed by atoms with Crippen LogP contribution in [0.5, 0.6) is 0 Å². The molecule has 0 bridgehead atoms. The van der Waals surface area contributed by atoms with Crippen molar-refractivity contribution in [3.05, 3.63) is 34.9 Å².